The van der Waals surface area contributed by atoms with Crippen molar-refractivity contribution < 1.29 is 4.74 Å². The lowest BCUT2D eigenvalue weighted by atomic mass is 10.0. The van der Waals surface area contributed by atoms with Gasteiger partial charge in [-0.1, -0.05) is 18.8 Å². The molecule has 1 aliphatic rings. The molecule has 1 saturated heterocycles. The Balaban J connectivity index is 1.73. The molecule has 0 amide bonds. The van der Waals surface area contributed by atoms with Crippen LogP contribution in [0.5, 0.6) is 5.75 Å². The van der Waals surface area contributed by atoms with Crippen LogP contribution in [0.2, 0.25) is 0 Å². The molecule has 0 spiro atoms. The molecule has 1 aromatic carbocycles. The van der Waals surface area contributed by atoms with Gasteiger partial charge in [-0.3, -0.25) is 4.90 Å². The van der Waals surface area contributed by atoms with Gasteiger partial charge in [-0.05, 0) is 62.5 Å². The maximum Gasteiger partial charge on any atom is 0.119 e. The minimum absolute atomic E-state index is 0.396. The maximum absolute atomic E-state index is 5.82. The first-order chi connectivity index (χ1) is 10.3. The molecule has 0 aliphatic carbocycles. The minimum atomic E-state index is 0.396. The molecule has 21 heavy (non-hydrogen) atoms. The van der Waals surface area contributed by atoms with Gasteiger partial charge in [0.2, 0.25) is 0 Å². The van der Waals surface area contributed by atoms with Gasteiger partial charge in [0.25, 0.3) is 0 Å². The van der Waals surface area contributed by atoms with Crippen LogP contribution in [0.4, 0.5) is 0 Å². The van der Waals surface area contributed by atoms with E-state index in [0.717, 1.165) is 30.4 Å². The van der Waals surface area contributed by atoms with Crippen molar-refractivity contribution in [2.45, 2.75) is 26.2 Å². The van der Waals surface area contributed by atoms with Crippen LogP contribution in [0.3, 0.4) is 0 Å². The van der Waals surface area contributed by atoms with E-state index in [1.54, 1.807) is 0 Å². The summed E-state index contributed by atoms with van der Waals surface area (Å²) in [6, 6.07) is 7.91. The van der Waals surface area contributed by atoms with Crippen molar-refractivity contribution in [2.24, 2.45) is 11.7 Å². The second kappa shape index (κ2) is 8.71. The monoisotopic (exact) mass is 286 g/mol. The van der Waals surface area contributed by atoms with Crippen molar-refractivity contribution in [3.63, 3.8) is 0 Å². The van der Waals surface area contributed by atoms with E-state index in [9.17, 15) is 0 Å². The van der Waals surface area contributed by atoms with Crippen molar-refractivity contribution in [1.82, 2.24) is 4.90 Å². The van der Waals surface area contributed by atoms with Gasteiger partial charge in [0.15, 0.2) is 0 Å². The third-order valence-corrected chi connectivity index (χ3v) is 3.97. The van der Waals surface area contributed by atoms with E-state index < -0.39 is 0 Å². The highest BCUT2D eigenvalue weighted by Crippen LogP contribution is 2.16. The van der Waals surface area contributed by atoms with Gasteiger partial charge in [-0.15, -0.1) is 0 Å². The number of hydrogen-bond acceptors (Lipinski definition) is 3. The Morgan fingerprint density at radius 2 is 2.05 bits per heavy atom. The van der Waals surface area contributed by atoms with Gasteiger partial charge in [0.05, 0.1) is 6.54 Å². The van der Waals surface area contributed by atoms with Crippen molar-refractivity contribution in [3.8, 4) is 17.6 Å². The summed E-state index contributed by atoms with van der Waals surface area (Å²) < 4.78 is 5.82. The molecular weight excluding hydrogens is 260 g/mol. The summed E-state index contributed by atoms with van der Waals surface area (Å²) in [6.45, 7) is 6.94. The summed E-state index contributed by atoms with van der Waals surface area (Å²) in [7, 11) is 0. The van der Waals surface area contributed by atoms with E-state index in [1.807, 2.05) is 24.3 Å². The molecule has 0 bridgehead atoms. The van der Waals surface area contributed by atoms with Crippen LogP contribution >= 0.6 is 0 Å². The Hall–Kier alpha value is -1.50. The van der Waals surface area contributed by atoms with Crippen LogP contribution in [-0.4, -0.2) is 37.7 Å². The van der Waals surface area contributed by atoms with Crippen LogP contribution in [0.25, 0.3) is 0 Å². The third kappa shape index (κ3) is 5.79. The summed E-state index contributed by atoms with van der Waals surface area (Å²) >= 11 is 0. The first-order valence-corrected chi connectivity index (χ1v) is 7.92. The van der Waals surface area contributed by atoms with Crippen LogP contribution in [0.1, 0.15) is 31.7 Å². The molecule has 2 rings (SSSR count). The molecule has 0 aromatic heterocycles. The summed E-state index contributed by atoms with van der Waals surface area (Å²) in [4.78, 5) is 2.52. The number of hydrogen-bond donors (Lipinski definition) is 1. The summed E-state index contributed by atoms with van der Waals surface area (Å²) in [5.41, 5.74) is 6.34. The molecule has 1 aromatic rings. The topological polar surface area (TPSA) is 38.5 Å². The average molecular weight is 286 g/mol. The molecule has 1 aliphatic heterocycles. The largest absolute Gasteiger partial charge is 0.492 e. The Morgan fingerprint density at radius 3 is 2.81 bits per heavy atom. The number of rotatable bonds is 4. The van der Waals surface area contributed by atoms with Gasteiger partial charge < -0.3 is 10.5 Å². The molecule has 0 radical (unpaired) electrons. The van der Waals surface area contributed by atoms with E-state index >= 15 is 0 Å². The lowest BCUT2D eigenvalue weighted by Gasteiger charge is -2.19. The number of likely N-dealkylation sites (tertiary alicyclic amines) is 1. The lowest BCUT2D eigenvalue weighted by molar-refractivity contribution is 0.212. The Kier molecular flexibility index (Phi) is 6.59. The average Bonchev–Trinajstić information content (AvgIpc) is 2.71. The van der Waals surface area contributed by atoms with E-state index in [-0.39, 0.29) is 0 Å². The molecule has 1 atom stereocenters. The molecule has 3 nitrogen and oxygen atoms in total. The quantitative estimate of drug-likeness (QED) is 0.864. The second-order valence-corrected chi connectivity index (χ2v) is 5.76. The highest BCUT2D eigenvalue weighted by molar-refractivity contribution is 5.38. The number of nitrogens with zero attached hydrogens (tertiary/aromatic N) is 1. The van der Waals surface area contributed by atoms with E-state index in [0.29, 0.717) is 6.54 Å². The predicted molar refractivity (Wildman–Crippen MR) is 87.3 cm³/mol. The summed E-state index contributed by atoms with van der Waals surface area (Å²) in [5, 5.41) is 0. The first-order valence-electron chi connectivity index (χ1n) is 7.92. The first kappa shape index (κ1) is 15.9. The molecule has 2 N–H and O–H groups in total. The van der Waals surface area contributed by atoms with E-state index in [1.165, 1.54) is 32.4 Å². The van der Waals surface area contributed by atoms with Crippen LogP contribution in [0, 0.1) is 17.8 Å². The predicted octanol–water partition coefficient (Wildman–Crippen LogP) is 2.50. The molecule has 0 saturated carbocycles. The zero-order valence-corrected chi connectivity index (χ0v) is 13.0. The maximum atomic E-state index is 5.82. The lowest BCUT2D eigenvalue weighted by Crippen LogP contribution is -2.29. The Bertz CT molecular complexity index is 472. The molecule has 3 heteroatoms. The molecule has 1 unspecified atom stereocenters. The number of ether oxygens (including phenoxy) is 1. The van der Waals surface area contributed by atoms with Crippen LogP contribution in [0.15, 0.2) is 24.3 Å². The van der Waals surface area contributed by atoms with Crippen molar-refractivity contribution in [2.75, 3.05) is 32.8 Å². The smallest absolute Gasteiger partial charge is 0.119 e. The standard InChI is InChI=1S/C18H26N2O/c1-16-4-3-12-20(13-10-16)14-15-21-18-8-6-17(7-9-18)5-2-11-19/h6-9,16H,3-4,10-15,19H2,1H3. The van der Waals surface area contributed by atoms with Gasteiger partial charge >= 0.3 is 0 Å². The fourth-order valence-corrected chi connectivity index (χ4v) is 2.63. The highest BCUT2D eigenvalue weighted by Gasteiger charge is 2.13. The van der Waals surface area contributed by atoms with E-state index in [4.69, 9.17) is 10.5 Å². The van der Waals surface area contributed by atoms with E-state index in [2.05, 4.69) is 23.7 Å². The van der Waals surface area contributed by atoms with Gasteiger partial charge in [0.1, 0.15) is 12.4 Å². The van der Waals surface area contributed by atoms with Crippen molar-refractivity contribution >= 4 is 0 Å². The van der Waals surface area contributed by atoms with Gasteiger partial charge in [-0.2, -0.15) is 0 Å². The molecule has 1 heterocycles. The number of nitrogens with two attached hydrogens (primary N) is 1. The summed E-state index contributed by atoms with van der Waals surface area (Å²) in [5.74, 6) is 7.65. The second-order valence-electron chi connectivity index (χ2n) is 5.76. The van der Waals surface area contributed by atoms with Crippen molar-refractivity contribution in [1.29, 1.82) is 0 Å². The number of benzene rings is 1. The molecular formula is C18H26N2O. The summed E-state index contributed by atoms with van der Waals surface area (Å²) in [6.07, 6.45) is 3.99. The minimum Gasteiger partial charge on any atom is -0.492 e. The fraction of sp³-hybridized carbons (Fsp3) is 0.556. The zero-order valence-electron chi connectivity index (χ0n) is 13.0. The van der Waals surface area contributed by atoms with Crippen LogP contribution < -0.4 is 10.5 Å². The third-order valence-electron chi connectivity index (χ3n) is 3.97. The fourth-order valence-electron chi connectivity index (χ4n) is 2.63. The van der Waals surface area contributed by atoms with Gasteiger partial charge in [0, 0.05) is 12.1 Å². The van der Waals surface area contributed by atoms with Crippen molar-refractivity contribution in [3.05, 3.63) is 29.8 Å². The SMILES string of the molecule is CC1CCCN(CCOc2ccc(C#CCN)cc2)CC1. The highest BCUT2D eigenvalue weighted by atomic mass is 16.5. The molecule has 1 fully saturated rings. The Labute approximate surface area is 128 Å². The zero-order chi connectivity index (χ0) is 14.9. The van der Waals surface area contributed by atoms with Gasteiger partial charge in [-0.25, -0.2) is 0 Å². The normalized spacial score (nSPS) is 19.4. The Morgan fingerprint density at radius 1 is 1.24 bits per heavy atom. The molecule has 114 valence electrons. The van der Waals surface area contributed by atoms with Crippen LogP contribution in [-0.2, 0) is 0 Å².